The monoisotopic (exact) mass is 526 g/mol. The molecule has 4 heteroatoms. The van der Waals surface area contributed by atoms with Gasteiger partial charge in [-0.1, -0.05) is 54.2 Å². The lowest BCUT2D eigenvalue weighted by atomic mass is 9.50. The van der Waals surface area contributed by atoms with Gasteiger partial charge in [-0.3, -0.25) is 0 Å². The Morgan fingerprint density at radius 3 is 2.16 bits per heavy atom. The molecule has 1 aliphatic heterocycles. The summed E-state index contributed by atoms with van der Waals surface area (Å²) in [6.07, 6.45) is 6.71. The van der Waals surface area contributed by atoms with Gasteiger partial charge in [0.25, 0.3) is 0 Å². The highest BCUT2D eigenvalue weighted by Gasteiger charge is 2.58. The first kappa shape index (κ1) is 24.6. The first-order chi connectivity index (χ1) is 18.3. The largest absolute Gasteiger partial charge is 0.483 e. The Morgan fingerprint density at radius 1 is 0.789 bits per heavy atom. The summed E-state index contributed by atoms with van der Waals surface area (Å²) in [5.74, 6) is 3.96. The van der Waals surface area contributed by atoms with E-state index in [0.717, 1.165) is 33.8 Å². The maximum atomic E-state index is 7.03. The fourth-order valence-corrected chi connectivity index (χ4v) is 9.17. The van der Waals surface area contributed by atoms with Crippen molar-refractivity contribution < 1.29 is 14.2 Å². The molecule has 4 aliphatic carbocycles. The number of aryl methyl sites for hydroxylation is 2. The zero-order valence-corrected chi connectivity index (χ0v) is 23.8. The molecule has 8 rings (SSSR count). The Balaban J connectivity index is 1.16. The van der Waals surface area contributed by atoms with Crippen LogP contribution in [0.2, 0.25) is 0 Å². The average Bonchev–Trinajstić information content (AvgIpc) is 2.87. The summed E-state index contributed by atoms with van der Waals surface area (Å²) in [6, 6.07) is 21.6. The van der Waals surface area contributed by atoms with Crippen molar-refractivity contribution in [2.75, 3.05) is 6.61 Å². The molecule has 38 heavy (non-hydrogen) atoms. The highest BCUT2D eigenvalue weighted by Crippen LogP contribution is 2.60. The van der Waals surface area contributed by atoms with Crippen LogP contribution in [0.4, 0.5) is 0 Å². The van der Waals surface area contributed by atoms with Crippen LogP contribution in [-0.4, -0.2) is 18.0 Å². The number of benzene rings is 3. The number of fused-ring (bicyclic) bond motifs is 1. The van der Waals surface area contributed by atoms with Crippen molar-refractivity contribution in [2.24, 2.45) is 23.7 Å². The van der Waals surface area contributed by atoms with E-state index >= 15 is 0 Å². The zero-order chi connectivity index (χ0) is 26.1. The van der Waals surface area contributed by atoms with Crippen LogP contribution >= 0.6 is 11.8 Å². The molecular formula is C34H38O3S. The fraction of sp³-hybridized carbons (Fsp3) is 0.471. The summed E-state index contributed by atoms with van der Waals surface area (Å²) in [4.78, 5) is 2.38. The van der Waals surface area contributed by atoms with Gasteiger partial charge in [-0.15, -0.1) is 0 Å². The minimum atomic E-state index is -0.786. The highest BCUT2D eigenvalue weighted by molar-refractivity contribution is 7.99. The molecule has 0 N–H and O–H groups in total. The third-order valence-electron chi connectivity index (χ3n) is 9.76. The Bertz CT molecular complexity index is 1350. The normalized spacial score (nSPS) is 32.9. The second-order valence-electron chi connectivity index (χ2n) is 12.6. The van der Waals surface area contributed by atoms with E-state index in [2.05, 4.69) is 88.4 Å². The second-order valence-corrected chi connectivity index (χ2v) is 13.7. The Labute approximate surface area is 231 Å². The SMILES string of the molecule is Cc1ccccc1-c1ccccc1Sc1cc(C)c2c(c1)OC(C)(OC1(C)C3CC4CC(C3)CC1C4)CO2. The molecule has 1 unspecified atom stereocenters. The lowest BCUT2D eigenvalue weighted by Gasteiger charge is -2.61. The molecule has 1 atom stereocenters. The molecule has 198 valence electrons. The molecule has 1 heterocycles. The second kappa shape index (κ2) is 9.06. The molecule has 3 aromatic rings. The minimum absolute atomic E-state index is 0.128. The molecule has 0 amide bonds. The molecule has 5 aliphatic rings. The highest BCUT2D eigenvalue weighted by atomic mass is 32.2. The smallest absolute Gasteiger partial charge is 0.242 e. The zero-order valence-electron chi connectivity index (χ0n) is 23.0. The molecule has 0 radical (unpaired) electrons. The predicted octanol–water partition coefficient (Wildman–Crippen LogP) is 8.84. The number of hydrogen-bond donors (Lipinski definition) is 0. The molecular weight excluding hydrogens is 488 g/mol. The van der Waals surface area contributed by atoms with Gasteiger partial charge in [0, 0.05) is 16.7 Å². The number of hydrogen-bond acceptors (Lipinski definition) is 4. The van der Waals surface area contributed by atoms with Crippen LogP contribution in [0.15, 0.2) is 70.5 Å². The standard InChI is InChI=1S/C34H38O3S/c1-21-9-5-6-10-28(21)29-11-7-8-12-31(29)38-27-13-22(2)32-30(19-27)36-33(3,20-35-32)37-34(4)25-15-23-14-24(17-25)18-26(34)16-23/h5-13,19,23-26H,14-18,20H2,1-4H3. The molecule has 4 fully saturated rings. The van der Waals surface area contributed by atoms with Crippen LogP contribution in [0.3, 0.4) is 0 Å². The lowest BCUT2D eigenvalue weighted by Crippen LogP contribution is -2.62. The van der Waals surface area contributed by atoms with Crippen LogP contribution in [0.25, 0.3) is 11.1 Å². The Kier molecular flexibility index (Phi) is 5.87. The van der Waals surface area contributed by atoms with Gasteiger partial charge in [0.2, 0.25) is 5.79 Å². The van der Waals surface area contributed by atoms with Crippen molar-refractivity contribution >= 4 is 11.8 Å². The third-order valence-corrected chi connectivity index (χ3v) is 10.8. The van der Waals surface area contributed by atoms with Gasteiger partial charge in [0.1, 0.15) is 0 Å². The van der Waals surface area contributed by atoms with Gasteiger partial charge in [-0.05, 0) is 117 Å². The van der Waals surface area contributed by atoms with Gasteiger partial charge < -0.3 is 14.2 Å². The summed E-state index contributed by atoms with van der Waals surface area (Å²) in [7, 11) is 0. The van der Waals surface area contributed by atoms with Crippen molar-refractivity contribution in [1.29, 1.82) is 0 Å². The van der Waals surface area contributed by atoms with Crippen LogP contribution in [0.1, 0.15) is 57.1 Å². The van der Waals surface area contributed by atoms with Crippen molar-refractivity contribution in [2.45, 2.75) is 81.0 Å². The summed E-state index contributed by atoms with van der Waals surface area (Å²) in [5.41, 5.74) is 4.78. The summed E-state index contributed by atoms with van der Waals surface area (Å²) in [6.45, 7) is 9.16. The molecule has 0 spiro atoms. The lowest BCUT2D eigenvalue weighted by molar-refractivity contribution is -0.309. The summed E-state index contributed by atoms with van der Waals surface area (Å²) in [5, 5.41) is 0. The van der Waals surface area contributed by atoms with Crippen molar-refractivity contribution in [3.8, 4) is 22.6 Å². The Hall–Kier alpha value is -2.43. The summed E-state index contributed by atoms with van der Waals surface area (Å²) >= 11 is 1.78. The average molecular weight is 527 g/mol. The topological polar surface area (TPSA) is 27.7 Å². The van der Waals surface area contributed by atoms with Gasteiger partial charge in [-0.25, -0.2) is 0 Å². The van der Waals surface area contributed by atoms with Crippen LogP contribution < -0.4 is 9.47 Å². The van der Waals surface area contributed by atoms with Crippen LogP contribution in [-0.2, 0) is 4.74 Å². The van der Waals surface area contributed by atoms with E-state index in [0.29, 0.717) is 18.4 Å². The third kappa shape index (κ3) is 4.16. The fourth-order valence-electron chi connectivity index (χ4n) is 8.08. The first-order valence-corrected chi connectivity index (χ1v) is 15.1. The first-order valence-electron chi connectivity index (χ1n) is 14.3. The summed E-state index contributed by atoms with van der Waals surface area (Å²) < 4.78 is 20.1. The van der Waals surface area contributed by atoms with Gasteiger partial charge in [0.05, 0.1) is 5.60 Å². The Morgan fingerprint density at radius 2 is 1.45 bits per heavy atom. The molecule has 4 saturated carbocycles. The molecule has 0 saturated heterocycles. The van der Waals surface area contributed by atoms with Crippen molar-refractivity contribution in [3.63, 3.8) is 0 Å². The van der Waals surface area contributed by atoms with E-state index in [-0.39, 0.29) is 5.60 Å². The predicted molar refractivity (Wildman–Crippen MR) is 153 cm³/mol. The molecule has 3 aromatic carbocycles. The van der Waals surface area contributed by atoms with E-state index < -0.39 is 5.79 Å². The van der Waals surface area contributed by atoms with E-state index in [1.807, 2.05) is 0 Å². The van der Waals surface area contributed by atoms with E-state index in [9.17, 15) is 0 Å². The van der Waals surface area contributed by atoms with Crippen LogP contribution in [0.5, 0.6) is 11.5 Å². The maximum absolute atomic E-state index is 7.03. The van der Waals surface area contributed by atoms with E-state index in [1.54, 1.807) is 11.8 Å². The molecule has 0 aromatic heterocycles. The molecule has 3 nitrogen and oxygen atoms in total. The minimum Gasteiger partial charge on any atom is -0.483 e. The van der Waals surface area contributed by atoms with Gasteiger partial charge >= 0.3 is 0 Å². The molecule has 4 bridgehead atoms. The quantitative estimate of drug-likeness (QED) is 0.332. The van der Waals surface area contributed by atoms with E-state index in [4.69, 9.17) is 14.2 Å². The van der Waals surface area contributed by atoms with E-state index in [1.165, 1.54) is 53.7 Å². The van der Waals surface area contributed by atoms with Crippen LogP contribution in [0, 0.1) is 37.5 Å². The maximum Gasteiger partial charge on any atom is 0.242 e. The van der Waals surface area contributed by atoms with Crippen molar-refractivity contribution in [1.82, 2.24) is 0 Å². The van der Waals surface area contributed by atoms with Crippen molar-refractivity contribution in [3.05, 3.63) is 71.8 Å². The number of rotatable bonds is 5. The van der Waals surface area contributed by atoms with Gasteiger partial charge in [-0.2, -0.15) is 0 Å². The number of ether oxygens (including phenoxy) is 3. The van der Waals surface area contributed by atoms with Gasteiger partial charge in [0.15, 0.2) is 18.1 Å².